The minimum atomic E-state index is -0.107. The number of amides is 2. The maximum Gasteiger partial charge on any atom is 0.251 e. The second-order valence-electron chi connectivity index (χ2n) is 4.71. The lowest BCUT2D eigenvalue weighted by atomic mass is 10.2. The highest BCUT2D eigenvalue weighted by atomic mass is 79.9. The van der Waals surface area contributed by atoms with Gasteiger partial charge in [0.2, 0.25) is 5.91 Å². The fourth-order valence-corrected chi connectivity index (χ4v) is 2.11. The van der Waals surface area contributed by atoms with Crippen LogP contribution in [0.1, 0.15) is 36.0 Å². The summed E-state index contributed by atoms with van der Waals surface area (Å²) in [5.41, 5.74) is 0.622. The molecular formula is C14H17BrN2O2. The van der Waals surface area contributed by atoms with Crippen LogP contribution < -0.4 is 10.6 Å². The number of benzene rings is 1. The van der Waals surface area contributed by atoms with Gasteiger partial charge in [0, 0.05) is 29.0 Å². The highest BCUT2D eigenvalue weighted by Gasteiger charge is 2.22. The van der Waals surface area contributed by atoms with Crippen molar-refractivity contribution in [1.29, 1.82) is 0 Å². The van der Waals surface area contributed by atoms with Gasteiger partial charge in [0.25, 0.3) is 5.91 Å². The van der Waals surface area contributed by atoms with Gasteiger partial charge in [-0.2, -0.15) is 0 Å². The van der Waals surface area contributed by atoms with Gasteiger partial charge in [0.15, 0.2) is 0 Å². The number of nitrogens with one attached hydrogen (secondary N) is 2. The van der Waals surface area contributed by atoms with E-state index >= 15 is 0 Å². The van der Waals surface area contributed by atoms with E-state index in [4.69, 9.17) is 0 Å². The molecule has 4 nitrogen and oxygen atoms in total. The first kappa shape index (κ1) is 14.1. The maximum absolute atomic E-state index is 11.8. The smallest absolute Gasteiger partial charge is 0.251 e. The van der Waals surface area contributed by atoms with Gasteiger partial charge >= 0.3 is 0 Å². The second-order valence-corrected chi connectivity index (χ2v) is 5.63. The van der Waals surface area contributed by atoms with Crippen LogP contribution in [0.3, 0.4) is 0 Å². The van der Waals surface area contributed by atoms with Crippen LogP contribution in [0, 0.1) is 0 Å². The molecule has 102 valence electrons. The lowest BCUT2D eigenvalue weighted by molar-refractivity contribution is -0.121. The molecule has 0 heterocycles. The van der Waals surface area contributed by atoms with E-state index in [0.717, 1.165) is 17.3 Å². The molecule has 2 rings (SSSR count). The summed E-state index contributed by atoms with van der Waals surface area (Å²) in [6.07, 6.45) is 3.34. The van der Waals surface area contributed by atoms with E-state index in [2.05, 4.69) is 26.6 Å². The van der Waals surface area contributed by atoms with Gasteiger partial charge in [-0.1, -0.05) is 22.0 Å². The second kappa shape index (κ2) is 6.70. The van der Waals surface area contributed by atoms with E-state index in [1.165, 1.54) is 0 Å². The third-order valence-corrected chi connectivity index (χ3v) is 3.39. The Morgan fingerprint density at radius 3 is 2.79 bits per heavy atom. The molecule has 0 aliphatic heterocycles. The summed E-state index contributed by atoms with van der Waals surface area (Å²) >= 11 is 3.33. The summed E-state index contributed by atoms with van der Waals surface area (Å²) in [6, 6.07) is 7.64. The zero-order valence-electron chi connectivity index (χ0n) is 10.6. The highest BCUT2D eigenvalue weighted by molar-refractivity contribution is 9.10. The molecule has 1 aromatic carbocycles. The summed E-state index contributed by atoms with van der Waals surface area (Å²) in [5, 5.41) is 5.73. The molecule has 0 radical (unpaired) electrons. The first-order valence-electron chi connectivity index (χ1n) is 6.48. The molecule has 0 atom stereocenters. The van der Waals surface area contributed by atoms with E-state index in [-0.39, 0.29) is 11.8 Å². The first-order chi connectivity index (χ1) is 9.15. The highest BCUT2D eigenvalue weighted by Crippen LogP contribution is 2.18. The lowest BCUT2D eigenvalue weighted by Gasteiger charge is -2.06. The van der Waals surface area contributed by atoms with Crippen LogP contribution in [0.15, 0.2) is 28.7 Å². The predicted molar refractivity (Wildman–Crippen MR) is 76.9 cm³/mol. The topological polar surface area (TPSA) is 58.2 Å². The average molecular weight is 325 g/mol. The van der Waals surface area contributed by atoms with Crippen molar-refractivity contribution >= 4 is 27.7 Å². The molecule has 5 heteroatoms. The molecule has 2 amide bonds. The van der Waals surface area contributed by atoms with Crippen molar-refractivity contribution in [3.8, 4) is 0 Å². The van der Waals surface area contributed by atoms with Gasteiger partial charge < -0.3 is 10.6 Å². The Labute approximate surface area is 121 Å². The lowest BCUT2D eigenvalue weighted by Crippen LogP contribution is -2.28. The number of hydrogen-bond acceptors (Lipinski definition) is 2. The van der Waals surface area contributed by atoms with Gasteiger partial charge in [0.05, 0.1) is 0 Å². The van der Waals surface area contributed by atoms with Crippen LogP contribution in [0.4, 0.5) is 0 Å². The zero-order valence-corrected chi connectivity index (χ0v) is 12.2. The van der Waals surface area contributed by atoms with Crippen molar-refractivity contribution in [2.24, 2.45) is 0 Å². The summed E-state index contributed by atoms with van der Waals surface area (Å²) in [7, 11) is 0. The monoisotopic (exact) mass is 324 g/mol. The van der Waals surface area contributed by atoms with E-state index in [1.807, 2.05) is 12.1 Å². The largest absolute Gasteiger partial charge is 0.353 e. The Bertz CT molecular complexity index is 472. The Morgan fingerprint density at radius 1 is 1.32 bits per heavy atom. The Morgan fingerprint density at radius 2 is 2.11 bits per heavy atom. The molecule has 1 aliphatic rings. The molecule has 0 spiro atoms. The summed E-state index contributed by atoms with van der Waals surface area (Å²) < 4.78 is 0.879. The molecule has 0 aromatic heterocycles. The number of hydrogen-bond donors (Lipinski definition) is 2. The number of rotatable bonds is 6. The van der Waals surface area contributed by atoms with Crippen LogP contribution >= 0.6 is 15.9 Å². The van der Waals surface area contributed by atoms with E-state index in [1.54, 1.807) is 12.1 Å². The molecule has 0 saturated heterocycles. The summed E-state index contributed by atoms with van der Waals surface area (Å²) in [5.74, 6) is -0.0249. The van der Waals surface area contributed by atoms with Crippen molar-refractivity contribution < 1.29 is 9.59 Å². The van der Waals surface area contributed by atoms with Crippen LogP contribution in [0.2, 0.25) is 0 Å². The quantitative estimate of drug-likeness (QED) is 0.788. The number of carbonyl (C=O) groups excluding carboxylic acids is 2. The molecule has 0 unspecified atom stereocenters. The Balaban J connectivity index is 1.64. The fraction of sp³-hybridized carbons (Fsp3) is 0.429. The first-order valence-corrected chi connectivity index (χ1v) is 7.27. The minimum absolute atomic E-state index is 0.0826. The van der Waals surface area contributed by atoms with Crippen LogP contribution in [-0.4, -0.2) is 24.4 Å². The van der Waals surface area contributed by atoms with Crippen molar-refractivity contribution in [3.63, 3.8) is 0 Å². The normalized spacial score (nSPS) is 13.9. The molecule has 1 saturated carbocycles. The molecule has 19 heavy (non-hydrogen) atoms. The average Bonchev–Trinajstić information content (AvgIpc) is 3.18. The Hall–Kier alpha value is -1.36. The van der Waals surface area contributed by atoms with E-state index in [9.17, 15) is 9.59 Å². The zero-order chi connectivity index (χ0) is 13.7. The summed E-state index contributed by atoms with van der Waals surface area (Å²) in [4.78, 5) is 23.2. The van der Waals surface area contributed by atoms with Crippen LogP contribution in [-0.2, 0) is 4.79 Å². The maximum atomic E-state index is 11.8. The van der Waals surface area contributed by atoms with Crippen molar-refractivity contribution in [2.75, 3.05) is 6.54 Å². The molecular weight excluding hydrogens is 308 g/mol. The van der Waals surface area contributed by atoms with Crippen molar-refractivity contribution in [2.45, 2.75) is 31.7 Å². The molecule has 2 N–H and O–H groups in total. The minimum Gasteiger partial charge on any atom is -0.353 e. The molecule has 1 aliphatic carbocycles. The van der Waals surface area contributed by atoms with Crippen LogP contribution in [0.5, 0.6) is 0 Å². The van der Waals surface area contributed by atoms with Crippen molar-refractivity contribution in [1.82, 2.24) is 10.6 Å². The molecule has 0 bridgehead atoms. The van der Waals surface area contributed by atoms with Gasteiger partial charge in [-0.05, 0) is 37.5 Å². The van der Waals surface area contributed by atoms with Gasteiger partial charge in [-0.25, -0.2) is 0 Å². The standard InChI is InChI=1S/C14H17BrN2O2/c15-11-4-1-3-10(9-11)14(19)16-8-2-5-13(18)17-12-6-7-12/h1,3-4,9,12H,2,5-8H2,(H,16,19)(H,17,18). The van der Waals surface area contributed by atoms with Gasteiger partial charge in [0.1, 0.15) is 0 Å². The van der Waals surface area contributed by atoms with E-state index < -0.39 is 0 Å². The van der Waals surface area contributed by atoms with Gasteiger partial charge in [-0.3, -0.25) is 9.59 Å². The van der Waals surface area contributed by atoms with E-state index in [0.29, 0.717) is 31.0 Å². The molecule has 1 aromatic rings. The Kier molecular flexibility index (Phi) is 4.96. The third-order valence-electron chi connectivity index (χ3n) is 2.90. The van der Waals surface area contributed by atoms with Crippen molar-refractivity contribution in [3.05, 3.63) is 34.3 Å². The SMILES string of the molecule is O=C(CCCNC(=O)c1cccc(Br)c1)NC1CC1. The predicted octanol–water partition coefficient (Wildman–Crippen LogP) is 2.24. The third kappa shape index (κ3) is 5.03. The molecule has 1 fully saturated rings. The number of carbonyl (C=O) groups is 2. The summed E-state index contributed by atoms with van der Waals surface area (Å²) in [6.45, 7) is 0.517. The van der Waals surface area contributed by atoms with Gasteiger partial charge in [-0.15, -0.1) is 0 Å². The number of halogens is 1. The van der Waals surface area contributed by atoms with Crippen LogP contribution in [0.25, 0.3) is 0 Å². The fourth-order valence-electron chi connectivity index (χ4n) is 1.71.